The fraction of sp³-hybridized carbons (Fsp3) is 1.00. The van der Waals surface area contributed by atoms with Crippen molar-refractivity contribution in [2.75, 3.05) is 0 Å². The Morgan fingerprint density at radius 1 is 1.10 bits per heavy atom. The zero-order valence-corrected chi connectivity index (χ0v) is 7.94. The van der Waals surface area contributed by atoms with Crippen LogP contribution in [0.25, 0.3) is 0 Å². The number of rotatable bonds is 4. The summed E-state index contributed by atoms with van der Waals surface area (Å²) in [4.78, 5) is 0. The Morgan fingerprint density at radius 3 is 1.90 bits per heavy atom. The van der Waals surface area contributed by atoms with E-state index in [1.54, 1.807) is 0 Å². The van der Waals surface area contributed by atoms with Crippen LogP contribution in [0.1, 0.15) is 41.0 Å². The summed E-state index contributed by atoms with van der Waals surface area (Å²) in [6.07, 6.45) is 1.22. The molecule has 62 valence electrons. The Morgan fingerprint density at radius 2 is 1.60 bits per heavy atom. The lowest BCUT2D eigenvalue weighted by Crippen LogP contribution is -2.37. The lowest BCUT2D eigenvalue weighted by molar-refractivity contribution is 0.378. The molecule has 1 heteroatoms. The molecule has 0 saturated carbocycles. The van der Waals surface area contributed by atoms with Crippen LogP contribution >= 0.6 is 0 Å². The number of hydrogen-bond donors (Lipinski definition) is 1. The van der Waals surface area contributed by atoms with Crippen LogP contribution in [0.3, 0.4) is 0 Å². The Hall–Kier alpha value is -0.0400. The fourth-order valence-corrected chi connectivity index (χ4v) is 0.759. The molecule has 0 rings (SSSR count). The highest BCUT2D eigenvalue weighted by molar-refractivity contribution is 4.68. The van der Waals surface area contributed by atoms with Gasteiger partial charge in [-0.15, -0.1) is 0 Å². The van der Waals surface area contributed by atoms with E-state index in [1.807, 2.05) is 0 Å². The van der Waals surface area contributed by atoms with Crippen LogP contribution in [-0.4, -0.2) is 12.1 Å². The van der Waals surface area contributed by atoms with Gasteiger partial charge in [0.1, 0.15) is 0 Å². The predicted octanol–water partition coefficient (Wildman–Crippen LogP) is 2.42. The van der Waals surface area contributed by atoms with Gasteiger partial charge in [0.15, 0.2) is 0 Å². The average Bonchev–Trinajstić information content (AvgIpc) is 1.87. The first-order valence-corrected chi connectivity index (χ1v) is 4.34. The minimum Gasteiger partial charge on any atom is -0.312 e. The van der Waals surface area contributed by atoms with Crippen LogP contribution in [0, 0.1) is 5.92 Å². The lowest BCUT2D eigenvalue weighted by Gasteiger charge is -2.21. The maximum absolute atomic E-state index is 3.53. The van der Waals surface area contributed by atoms with Crippen LogP contribution in [0.2, 0.25) is 0 Å². The zero-order valence-electron chi connectivity index (χ0n) is 7.94. The maximum atomic E-state index is 3.53. The quantitative estimate of drug-likeness (QED) is 0.637. The van der Waals surface area contributed by atoms with Crippen molar-refractivity contribution >= 4 is 0 Å². The minimum absolute atomic E-state index is 0.648. The van der Waals surface area contributed by atoms with Crippen molar-refractivity contribution in [1.82, 2.24) is 5.32 Å². The van der Waals surface area contributed by atoms with E-state index in [9.17, 15) is 0 Å². The van der Waals surface area contributed by atoms with Gasteiger partial charge in [0.2, 0.25) is 0 Å². The molecule has 0 unspecified atom stereocenters. The van der Waals surface area contributed by atoms with E-state index in [2.05, 4.69) is 39.9 Å². The molecule has 0 amide bonds. The Bertz CT molecular complexity index is 78.8. The molecule has 0 saturated heterocycles. The lowest BCUT2D eigenvalue weighted by atomic mass is 10.1. The molecule has 0 fully saturated rings. The second kappa shape index (κ2) is 4.73. The van der Waals surface area contributed by atoms with Gasteiger partial charge in [0.25, 0.3) is 0 Å². The molecule has 0 aromatic carbocycles. The van der Waals surface area contributed by atoms with Gasteiger partial charge < -0.3 is 5.32 Å². The van der Waals surface area contributed by atoms with Crippen molar-refractivity contribution in [3.63, 3.8) is 0 Å². The van der Waals surface area contributed by atoms with Gasteiger partial charge in [0, 0.05) is 12.1 Å². The normalized spacial score (nSPS) is 17.4. The average molecular weight is 143 g/mol. The highest BCUT2D eigenvalue weighted by atomic mass is 14.9. The van der Waals surface area contributed by atoms with E-state index >= 15 is 0 Å². The zero-order chi connectivity index (χ0) is 8.15. The van der Waals surface area contributed by atoms with Crippen LogP contribution in [0.4, 0.5) is 0 Å². The van der Waals surface area contributed by atoms with Crippen molar-refractivity contribution in [2.45, 2.75) is 53.1 Å². The Balaban J connectivity index is 3.46. The summed E-state index contributed by atoms with van der Waals surface area (Å²) in [6.45, 7) is 11.2. The molecule has 0 aromatic rings. The highest BCUT2D eigenvalue weighted by Gasteiger charge is 2.08. The van der Waals surface area contributed by atoms with Gasteiger partial charge in [-0.25, -0.2) is 0 Å². The van der Waals surface area contributed by atoms with Gasteiger partial charge >= 0.3 is 0 Å². The first kappa shape index (κ1) is 9.96. The van der Waals surface area contributed by atoms with Crippen LogP contribution in [-0.2, 0) is 0 Å². The molecular formula is C9H21N. The number of hydrogen-bond acceptors (Lipinski definition) is 1. The summed E-state index contributed by atoms with van der Waals surface area (Å²) in [7, 11) is 0. The van der Waals surface area contributed by atoms with E-state index in [-0.39, 0.29) is 0 Å². The molecule has 10 heavy (non-hydrogen) atoms. The SMILES string of the molecule is CC[C@@H](C)N[C@@H](C)C(C)C. The summed E-state index contributed by atoms with van der Waals surface area (Å²) in [6, 6.07) is 1.31. The number of nitrogens with one attached hydrogen (secondary N) is 1. The van der Waals surface area contributed by atoms with Crippen molar-refractivity contribution in [1.29, 1.82) is 0 Å². The maximum Gasteiger partial charge on any atom is 0.00642 e. The molecule has 0 heterocycles. The van der Waals surface area contributed by atoms with Crippen molar-refractivity contribution in [2.24, 2.45) is 5.92 Å². The Kier molecular flexibility index (Phi) is 4.71. The van der Waals surface area contributed by atoms with Gasteiger partial charge in [-0.3, -0.25) is 0 Å². The van der Waals surface area contributed by atoms with E-state index in [0.29, 0.717) is 12.1 Å². The first-order valence-electron chi connectivity index (χ1n) is 4.34. The smallest absolute Gasteiger partial charge is 0.00642 e. The third kappa shape index (κ3) is 3.89. The second-order valence-corrected chi connectivity index (χ2v) is 3.51. The predicted molar refractivity (Wildman–Crippen MR) is 47.2 cm³/mol. The fourth-order valence-electron chi connectivity index (χ4n) is 0.759. The summed E-state index contributed by atoms with van der Waals surface area (Å²) < 4.78 is 0. The summed E-state index contributed by atoms with van der Waals surface area (Å²) in [5.74, 6) is 0.744. The van der Waals surface area contributed by atoms with Gasteiger partial charge in [-0.05, 0) is 26.2 Å². The van der Waals surface area contributed by atoms with Crippen molar-refractivity contribution < 1.29 is 0 Å². The molecule has 0 aromatic heterocycles. The molecule has 0 radical (unpaired) electrons. The van der Waals surface area contributed by atoms with Gasteiger partial charge in [0.05, 0.1) is 0 Å². The Labute approximate surface area is 65.2 Å². The summed E-state index contributed by atoms with van der Waals surface area (Å²) >= 11 is 0. The van der Waals surface area contributed by atoms with Crippen LogP contribution < -0.4 is 5.32 Å². The molecule has 0 spiro atoms. The highest BCUT2D eigenvalue weighted by Crippen LogP contribution is 2.01. The molecule has 1 N–H and O–H groups in total. The van der Waals surface area contributed by atoms with Gasteiger partial charge in [-0.2, -0.15) is 0 Å². The largest absolute Gasteiger partial charge is 0.312 e. The van der Waals surface area contributed by atoms with Crippen molar-refractivity contribution in [3.8, 4) is 0 Å². The van der Waals surface area contributed by atoms with Gasteiger partial charge in [-0.1, -0.05) is 20.8 Å². The molecule has 0 aliphatic heterocycles. The van der Waals surface area contributed by atoms with E-state index < -0.39 is 0 Å². The van der Waals surface area contributed by atoms with E-state index in [0.717, 1.165) is 5.92 Å². The second-order valence-electron chi connectivity index (χ2n) is 3.51. The molecule has 1 nitrogen and oxygen atoms in total. The third-order valence-electron chi connectivity index (χ3n) is 2.16. The molecule has 0 aliphatic rings. The van der Waals surface area contributed by atoms with Crippen LogP contribution in [0.5, 0.6) is 0 Å². The summed E-state index contributed by atoms with van der Waals surface area (Å²) in [5, 5.41) is 3.53. The molecular weight excluding hydrogens is 122 g/mol. The molecule has 0 aliphatic carbocycles. The molecule has 2 atom stereocenters. The third-order valence-corrected chi connectivity index (χ3v) is 2.16. The van der Waals surface area contributed by atoms with E-state index in [4.69, 9.17) is 0 Å². The van der Waals surface area contributed by atoms with Crippen molar-refractivity contribution in [3.05, 3.63) is 0 Å². The summed E-state index contributed by atoms with van der Waals surface area (Å²) in [5.41, 5.74) is 0. The standard InChI is InChI=1S/C9H21N/c1-6-8(4)10-9(5)7(2)3/h7-10H,6H2,1-5H3/t8-,9+/m1/s1. The first-order chi connectivity index (χ1) is 4.57. The molecule has 0 bridgehead atoms. The monoisotopic (exact) mass is 143 g/mol. The van der Waals surface area contributed by atoms with E-state index in [1.165, 1.54) is 6.42 Å². The topological polar surface area (TPSA) is 12.0 Å². The minimum atomic E-state index is 0.648. The van der Waals surface area contributed by atoms with Crippen LogP contribution in [0.15, 0.2) is 0 Å².